The summed E-state index contributed by atoms with van der Waals surface area (Å²) in [5, 5.41) is 6.57. The number of aromatic nitrogens is 1. The molecule has 0 spiro atoms. The van der Waals surface area contributed by atoms with Gasteiger partial charge in [-0.05, 0) is 37.6 Å². The van der Waals surface area contributed by atoms with Gasteiger partial charge in [-0.2, -0.15) is 0 Å². The SMILES string of the molecule is CCNC(=NCCCN(C)c1ccccc1F)NCCc1ccccn1.I. The zero-order valence-electron chi connectivity index (χ0n) is 16.0. The van der Waals surface area contributed by atoms with Gasteiger partial charge in [-0.15, -0.1) is 24.0 Å². The molecule has 0 unspecified atom stereocenters. The van der Waals surface area contributed by atoms with Crippen LogP contribution < -0.4 is 15.5 Å². The first kappa shape index (κ1) is 23.1. The van der Waals surface area contributed by atoms with Crippen molar-refractivity contribution >= 4 is 35.6 Å². The molecular weight excluding hydrogens is 456 g/mol. The summed E-state index contributed by atoms with van der Waals surface area (Å²) in [6.07, 6.45) is 3.50. The molecule has 0 aliphatic rings. The third-order valence-corrected chi connectivity index (χ3v) is 3.93. The normalized spacial score (nSPS) is 10.9. The molecule has 0 fully saturated rings. The summed E-state index contributed by atoms with van der Waals surface area (Å²) in [4.78, 5) is 10.8. The van der Waals surface area contributed by atoms with Crippen LogP contribution in [0.15, 0.2) is 53.7 Å². The molecule has 2 aromatic rings. The number of rotatable bonds is 9. The maximum Gasteiger partial charge on any atom is 0.191 e. The van der Waals surface area contributed by atoms with Crippen LogP contribution in [0, 0.1) is 5.82 Å². The number of benzene rings is 1. The highest BCUT2D eigenvalue weighted by Crippen LogP contribution is 2.16. The van der Waals surface area contributed by atoms with E-state index in [1.165, 1.54) is 6.07 Å². The maximum atomic E-state index is 13.8. The highest BCUT2D eigenvalue weighted by Gasteiger charge is 2.05. The average Bonchev–Trinajstić information content (AvgIpc) is 2.66. The van der Waals surface area contributed by atoms with Crippen molar-refractivity contribution in [1.82, 2.24) is 15.6 Å². The van der Waals surface area contributed by atoms with E-state index in [-0.39, 0.29) is 29.8 Å². The van der Waals surface area contributed by atoms with E-state index in [1.807, 2.05) is 43.1 Å². The van der Waals surface area contributed by atoms with Gasteiger partial charge in [0.2, 0.25) is 0 Å². The summed E-state index contributed by atoms with van der Waals surface area (Å²) in [7, 11) is 1.90. The summed E-state index contributed by atoms with van der Waals surface area (Å²) in [6.45, 7) is 5.06. The Balaban J connectivity index is 0.00000364. The van der Waals surface area contributed by atoms with Crippen molar-refractivity contribution < 1.29 is 4.39 Å². The van der Waals surface area contributed by atoms with Crippen LogP contribution in [0.25, 0.3) is 0 Å². The van der Waals surface area contributed by atoms with Gasteiger partial charge in [0.1, 0.15) is 5.82 Å². The first-order valence-electron chi connectivity index (χ1n) is 9.08. The van der Waals surface area contributed by atoms with E-state index >= 15 is 0 Å². The van der Waals surface area contributed by atoms with Crippen LogP contribution in [-0.4, -0.2) is 44.2 Å². The predicted octanol–water partition coefficient (Wildman–Crippen LogP) is 3.46. The Morgan fingerprint density at radius 2 is 1.93 bits per heavy atom. The number of nitrogens with one attached hydrogen (secondary N) is 2. The van der Waals surface area contributed by atoms with Gasteiger partial charge in [-0.1, -0.05) is 18.2 Å². The van der Waals surface area contributed by atoms with Gasteiger partial charge < -0.3 is 15.5 Å². The van der Waals surface area contributed by atoms with E-state index in [1.54, 1.807) is 18.3 Å². The minimum Gasteiger partial charge on any atom is -0.372 e. The molecule has 0 saturated carbocycles. The first-order valence-corrected chi connectivity index (χ1v) is 9.08. The summed E-state index contributed by atoms with van der Waals surface area (Å²) in [5.41, 5.74) is 1.68. The van der Waals surface area contributed by atoms with Gasteiger partial charge in [0.15, 0.2) is 5.96 Å². The van der Waals surface area contributed by atoms with Crippen LogP contribution in [0.3, 0.4) is 0 Å². The Hall–Kier alpha value is -1.90. The number of hydrogen-bond acceptors (Lipinski definition) is 3. The second kappa shape index (κ2) is 13.3. The molecule has 0 bridgehead atoms. The van der Waals surface area contributed by atoms with Crippen LogP contribution in [0.5, 0.6) is 0 Å². The van der Waals surface area contributed by atoms with Crippen molar-refractivity contribution in [2.24, 2.45) is 4.99 Å². The van der Waals surface area contributed by atoms with Crippen molar-refractivity contribution in [2.75, 3.05) is 38.1 Å². The molecule has 7 heteroatoms. The van der Waals surface area contributed by atoms with E-state index in [4.69, 9.17) is 0 Å². The van der Waals surface area contributed by atoms with E-state index in [9.17, 15) is 4.39 Å². The standard InChI is InChI=1S/C20H28FN5.HI/c1-3-22-20(25-15-12-17-9-6-7-13-23-17)24-14-8-16-26(2)19-11-5-4-10-18(19)21;/h4-7,9-11,13H,3,8,12,14-16H2,1-2H3,(H2,22,24,25);1H. The highest BCUT2D eigenvalue weighted by molar-refractivity contribution is 14.0. The van der Waals surface area contributed by atoms with Crippen LogP contribution in [0.2, 0.25) is 0 Å². The number of halogens is 2. The third kappa shape index (κ3) is 8.55. The van der Waals surface area contributed by atoms with Gasteiger partial charge in [-0.3, -0.25) is 9.98 Å². The number of pyridine rings is 1. The van der Waals surface area contributed by atoms with Crippen molar-refractivity contribution in [3.63, 3.8) is 0 Å². The number of nitrogens with zero attached hydrogens (tertiary/aromatic N) is 3. The van der Waals surface area contributed by atoms with Crippen LogP contribution in [0.4, 0.5) is 10.1 Å². The molecule has 27 heavy (non-hydrogen) atoms. The molecule has 2 N–H and O–H groups in total. The van der Waals surface area contributed by atoms with Crippen LogP contribution in [-0.2, 0) is 6.42 Å². The van der Waals surface area contributed by atoms with E-state index in [0.717, 1.165) is 44.1 Å². The molecule has 0 aliphatic carbocycles. The Labute approximate surface area is 178 Å². The molecule has 5 nitrogen and oxygen atoms in total. The van der Waals surface area contributed by atoms with Crippen molar-refractivity contribution in [3.8, 4) is 0 Å². The average molecular weight is 485 g/mol. The van der Waals surface area contributed by atoms with Crippen molar-refractivity contribution in [2.45, 2.75) is 19.8 Å². The zero-order chi connectivity index (χ0) is 18.6. The molecule has 1 aromatic heterocycles. The highest BCUT2D eigenvalue weighted by atomic mass is 127. The number of guanidine groups is 1. The van der Waals surface area contributed by atoms with E-state index in [2.05, 4.69) is 20.6 Å². The van der Waals surface area contributed by atoms with E-state index < -0.39 is 0 Å². The number of aliphatic imine (C=N–C) groups is 1. The zero-order valence-corrected chi connectivity index (χ0v) is 18.3. The lowest BCUT2D eigenvalue weighted by molar-refractivity contribution is 0.620. The van der Waals surface area contributed by atoms with Gasteiger partial charge in [0.25, 0.3) is 0 Å². The molecule has 148 valence electrons. The molecule has 0 saturated heterocycles. The molecular formula is C20H29FIN5. The lowest BCUT2D eigenvalue weighted by Gasteiger charge is -2.19. The smallest absolute Gasteiger partial charge is 0.191 e. The maximum absolute atomic E-state index is 13.8. The van der Waals surface area contributed by atoms with Gasteiger partial charge in [-0.25, -0.2) is 4.39 Å². The van der Waals surface area contributed by atoms with E-state index in [0.29, 0.717) is 12.2 Å². The lowest BCUT2D eigenvalue weighted by atomic mass is 10.2. The Morgan fingerprint density at radius 3 is 2.63 bits per heavy atom. The largest absolute Gasteiger partial charge is 0.372 e. The number of para-hydroxylation sites is 1. The van der Waals surface area contributed by atoms with Gasteiger partial charge in [0.05, 0.1) is 5.69 Å². The Kier molecular flexibility index (Phi) is 11.4. The van der Waals surface area contributed by atoms with Crippen LogP contribution >= 0.6 is 24.0 Å². The fraction of sp³-hybridized carbons (Fsp3) is 0.400. The summed E-state index contributed by atoms with van der Waals surface area (Å²) < 4.78 is 13.8. The lowest BCUT2D eigenvalue weighted by Crippen LogP contribution is -2.38. The van der Waals surface area contributed by atoms with Crippen LogP contribution in [0.1, 0.15) is 19.0 Å². The summed E-state index contributed by atoms with van der Waals surface area (Å²) in [6, 6.07) is 12.8. The van der Waals surface area contributed by atoms with Gasteiger partial charge in [0, 0.05) is 51.5 Å². The third-order valence-electron chi connectivity index (χ3n) is 3.93. The monoisotopic (exact) mass is 485 g/mol. The topological polar surface area (TPSA) is 52.6 Å². The predicted molar refractivity (Wildman–Crippen MR) is 122 cm³/mol. The minimum absolute atomic E-state index is 0. The quantitative estimate of drug-likeness (QED) is 0.247. The molecule has 0 atom stereocenters. The number of anilines is 1. The molecule has 1 heterocycles. The van der Waals surface area contributed by atoms with Gasteiger partial charge >= 0.3 is 0 Å². The van der Waals surface area contributed by atoms with Crippen molar-refractivity contribution in [1.29, 1.82) is 0 Å². The van der Waals surface area contributed by atoms with Crippen molar-refractivity contribution in [3.05, 3.63) is 60.2 Å². The first-order chi connectivity index (χ1) is 12.7. The summed E-state index contributed by atoms with van der Waals surface area (Å²) >= 11 is 0. The number of hydrogen-bond donors (Lipinski definition) is 2. The molecule has 0 radical (unpaired) electrons. The molecule has 0 aliphatic heterocycles. The molecule has 0 amide bonds. The fourth-order valence-corrected chi connectivity index (χ4v) is 2.58. The Bertz CT molecular complexity index is 681. The molecule has 1 aromatic carbocycles. The second-order valence-corrected chi connectivity index (χ2v) is 5.99. The second-order valence-electron chi connectivity index (χ2n) is 5.99. The fourth-order valence-electron chi connectivity index (χ4n) is 2.58. The minimum atomic E-state index is -0.192. The summed E-state index contributed by atoms with van der Waals surface area (Å²) in [5.74, 6) is 0.611. The Morgan fingerprint density at radius 1 is 1.15 bits per heavy atom. The molecule has 2 rings (SSSR count).